The summed E-state index contributed by atoms with van der Waals surface area (Å²) in [6, 6.07) is 0. The third-order valence-electron chi connectivity index (χ3n) is 2.70. The molecule has 0 aromatic rings. The smallest absolute Gasteiger partial charge is 0.0456 e. The second kappa shape index (κ2) is 5.61. The molecule has 0 saturated heterocycles. The van der Waals surface area contributed by atoms with Crippen molar-refractivity contribution in [2.24, 2.45) is 11.3 Å². The van der Waals surface area contributed by atoms with Crippen LogP contribution in [0.3, 0.4) is 0 Å². The lowest BCUT2D eigenvalue weighted by molar-refractivity contribution is 0.135. The highest BCUT2D eigenvalue weighted by Crippen LogP contribution is 2.30. The lowest BCUT2D eigenvalue weighted by Gasteiger charge is -2.33. The van der Waals surface area contributed by atoms with Gasteiger partial charge in [-0.1, -0.05) is 20.8 Å². The van der Waals surface area contributed by atoms with Gasteiger partial charge in [0.1, 0.15) is 0 Å². The number of rotatable bonds is 6. The Morgan fingerprint density at radius 2 is 1.92 bits per heavy atom. The van der Waals surface area contributed by atoms with Crippen molar-refractivity contribution < 1.29 is 5.11 Å². The van der Waals surface area contributed by atoms with E-state index in [1.54, 1.807) is 0 Å². The maximum atomic E-state index is 9.01. The Labute approximate surface area is 82.9 Å². The van der Waals surface area contributed by atoms with Gasteiger partial charge in [-0.3, -0.25) is 0 Å². The second-order valence-corrected chi connectivity index (χ2v) is 4.89. The molecule has 0 aliphatic carbocycles. The van der Waals surface area contributed by atoms with Crippen LogP contribution in [-0.4, -0.2) is 37.3 Å². The van der Waals surface area contributed by atoms with Crippen LogP contribution < -0.4 is 0 Å². The van der Waals surface area contributed by atoms with Gasteiger partial charge >= 0.3 is 0 Å². The van der Waals surface area contributed by atoms with Crippen molar-refractivity contribution in [2.45, 2.75) is 33.6 Å². The van der Waals surface area contributed by atoms with Crippen LogP contribution in [0.5, 0.6) is 0 Å². The Hall–Kier alpha value is -0.0800. The molecule has 80 valence electrons. The van der Waals surface area contributed by atoms with E-state index in [0.717, 1.165) is 13.0 Å². The Morgan fingerprint density at radius 3 is 2.23 bits per heavy atom. The fourth-order valence-electron chi connectivity index (χ4n) is 1.99. The highest BCUT2D eigenvalue weighted by atomic mass is 16.3. The standard InChI is InChI=1S/C11H25NO/c1-6-11(3,9-12(4)5)7-10(2)8-13/h10,13H,6-9H2,1-5H3. The molecule has 0 bridgehead atoms. The fraction of sp³-hybridized carbons (Fsp3) is 1.00. The minimum absolute atomic E-state index is 0.309. The third-order valence-corrected chi connectivity index (χ3v) is 2.70. The molecule has 0 aromatic carbocycles. The highest BCUT2D eigenvalue weighted by molar-refractivity contribution is 4.77. The normalized spacial score (nSPS) is 18.7. The largest absolute Gasteiger partial charge is 0.396 e. The summed E-state index contributed by atoms with van der Waals surface area (Å²) in [7, 11) is 4.22. The van der Waals surface area contributed by atoms with Crippen LogP contribution in [0.15, 0.2) is 0 Å². The summed E-state index contributed by atoms with van der Waals surface area (Å²) in [6.07, 6.45) is 2.29. The number of nitrogens with zero attached hydrogens (tertiary/aromatic N) is 1. The summed E-state index contributed by atoms with van der Waals surface area (Å²) in [6.45, 7) is 8.06. The molecule has 1 N–H and O–H groups in total. The van der Waals surface area contributed by atoms with Gasteiger partial charge in [0.15, 0.2) is 0 Å². The summed E-state index contributed by atoms with van der Waals surface area (Å²) in [5.41, 5.74) is 0.353. The van der Waals surface area contributed by atoms with Crippen molar-refractivity contribution >= 4 is 0 Å². The maximum absolute atomic E-state index is 9.01. The molecule has 0 aliphatic rings. The van der Waals surface area contributed by atoms with Gasteiger partial charge in [-0.15, -0.1) is 0 Å². The van der Waals surface area contributed by atoms with Gasteiger partial charge in [-0.2, -0.15) is 0 Å². The molecular formula is C11H25NO. The molecule has 0 saturated carbocycles. The van der Waals surface area contributed by atoms with E-state index in [1.165, 1.54) is 6.42 Å². The van der Waals surface area contributed by atoms with E-state index in [0.29, 0.717) is 17.9 Å². The van der Waals surface area contributed by atoms with E-state index in [-0.39, 0.29) is 0 Å². The number of hydrogen-bond donors (Lipinski definition) is 1. The first kappa shape index (κ1) is 12.9. The summed E-state index contributed by atoms with van der Waals surface area (Å²) < 4.78 is 0. The number of hydrogen-bond acceptors (Lipinski definition) is 2. The first-order chi connectivity index (χ1) is 5.93. The Kier molecular flexibility index (Phi) is 5.57. The van der Waals surface area contributed by atoms with Crippen LogP contribution >= 0.6 is 0 Å². The molecule has 2 unspecified atom stereocenters. The van der Waals surface area contributed by atoms with E-state index in [4.69, 9.17) is 5.11 Å². The zero-order valence-corrected chi connectivity index (χ0v) is 9.80. The van der Waals surface area contributed by atoms with Crippen molar-refractivity contribution in [3.05, 3.63) is 0 Å². The Bertz CT molecular complexity index is 136. The van der Waals surface area contributed by atoms with Gasteiger partial charge in [-0.05, 0) is 38.3 Å². The third kappa shape index (κ3) is 5.27. The molecule has 0 radical (unpaired) electrons. The lowest BCUT2D eigenvalue weighted by atomic mass is 9.79. The quantitative estimate of drug-likeness (QED) is 0.687. The molecule has 2 atom stereocenters. The molecule has 13 heavy (non-hydrogen) atoms. The fourth-order valence-corrected chi connectivity index (χ4v) is 1.99. The van der Waals surface area contributed by atoms with E-state index < -0.39 is 0 Å². The van der Waals surface area contributed by atoms with Crippen molar-refractivity contribution in [2.75, 3.05) is 27.2 Å². The van der Waals surface area contributed by atoms with Gasteiger partial charge < -0.3 is 10.0 Å². The molecule has 0 amide bonds. The maximum Gasteiger partial charge on any atom is 0.0456 e. The average molecular weight is 187 g/mol. The van der Waals surface area contributed by atoms with Crippen molar-refractivity contribution in [3.63, 3.8) is 0 Å². The van der Waals surface area contributed by atoms with Crippen LogP contribution in [0.4, 0.5) is 0 Å². The van der Waals surface area contributed by atoms with E-state index in [1.807, 2.05) is 0 Å². The molecule has 0 aliphatic heterocycles. The molecule has 0 rings (SSSR count). The van der Waals surface area contributed by atoms with Crippen molar-refractivity contribution in [1.29, 1.82) is 0 Å². The Balaban J connectivity index is 4.10. The van der Waals surface area contributed by atoms with Crippen LogP contribution in [-0.2, 0) is 0 Å². The predicted molar refractivity (Wildman–Crippen MR) is 57.8 cm³/mol. The highest BCUT2D eigenvalue weighted by Gasteiger charge is 2.24. The molecule has 0 fully saturated rings. The number of aliphatic hydroxyl groups is 1. The van der Waals surface area contributed by atoms with Gasteiger partial charge in [0.25, 0.3) is 0 Å². The molecule has 0 aromatic heterocycles. The Morgan fingerprint density at radius 1 is 1.38 bits per heavy atom. The monoisotopic (exact) mass is 187 g/mol. The first-order valence-corrected chi connectivity index (χ1v) is 5.19. The zero-order chi connectivity index (χ0) is 10.5. The van der Waals surface area contributed by atoms with Crippen LogP contribution in [0.1, 0.15) is 33.6 Å². The summed E-state index contributed by atoms with van der Waals surface area (Å²) >= 11 is 0. The average Bonchev–Trinajstić information content (AvgIpc) is 2.02. The summed E-state index contributed by atoms with van der Waals surface area (Å²) in [4.78, 5) is 2.23. The van der Waals surface area contributed by atoms with Crippen LogP contribution in [0.25, 0.3) is 0 Å². The SMILES string of the molecule is CCC(C)(CC(C)CO)CN(C)C. The molecule has 0 spiro atoms. The topological polar surface area (TPSA) is 23.5 Å². The lowest BCUT2D eigenvalue weighted by Crippen LogP contribution is -2.32. The second-order valence-electron chi connectivity index (χ2n) is 4.89. The van der Waals surface area contributed by atoms with Gasteiger partial charge in [-0.25, -0.2) is 0 Å². The summed E-state index contributed by atoms with van der Waals surface area (Å²) in [5.74, 6) is 0.421. The van der Waals surface area contributed by atoms with Gasteiger partial charge in [0, 0.05) is 13.2 Å². The van der Waals surface area contributed by atoms with E-state index >= 15 is 0 Å². The van der Waals surface area contributed by atoms with Gasteiger partial charge in [0.2, 0.25) is 0 Å². The van der Waals surface area contributed by atoms with E-state index in [2.05, 4.69) is 39.8 Å². The number of aliphatic hydroxyl groups excluding tert-OH is 1. The summed E-state index contributed by atoms with van der Waals surface area (Å²) in [5, 5.41) is 9.01. The predicted octanol–water partition coefficient (Wildman–Crippen LogP) is 1.98. The minimum Gasteiger partial charge on any atom is -0.396 e. The van der Waals surface area contributed by atoms with Crippen LogP contribution in [0.2, 0.25) is 0 Å². The van der Waals surface area contributed by atoms with E-state index in [9.17, 15) is 0 Å². The minimum atomic E-state index is 0.309. The van der Waals surface area contributed by atoms with Gasteiger partial charge in [0.05, 0.1) is 0 Å². The molecule has 0 heterocycles. The molecule has 2 nitrogen and oxygen atoms in total. The van der Waals surface area contributed by atoms with Crippen LogP contribution in [0, 0.1) is 11.3 Å². The molecular weight excluding hydrogens is 162 g/mol. The van der Waals surface area contributed by atoms with Crippen molar-refractivity contribution in [1.82, 2.24) is 4.90 Å². The zero-order valence-electron chi connectivity index (χ0n) is 9.80. The van der Waals surface area contributed by atoms with Crippen molar-refractivity contribution in [3.8, 4) is 0 Å². The molecule has 2 heteroatoms. The first-order valence-electron chi connectivity index (χ1n) is 5.19.